The van der Waals surface area contributed by atoms with Crippen LogP contribution in [0.2, 0.25) is 0 Å². The second-order valence-corrected chi connectivity index (χ2v) is 3.60. The predicted octanol–water partition coefficient (Wildman–Crippen LogP) is 3.72. The topological polar surface area (TPSA) is 12.0 Å². The largest absolute Gasteiger partial charge is 0.381 e. The Bertz CT molecular complexity index is 509. The molecule has 0 heterocycles. The molecule has 4 heteroatoms. The van der Waals surface area contributed by atoms with Gasteiger partial charge in [0.2, 0.25) is 0 Å². The third-order valence-electron chi connectivity index (χ3n) is 2.34. The lowest BCUT2D eigenvalue weighted by Crippen LogP contribution is -2.02. The molecule has 2 aromatic rings. The molecule has 0 aliphatic rings. The lowest BCUT2D eigenvalue weighted by Gasteiger charge is -2.07. The fraction of sp³-hybridized carbons (Fsp3) is 0.0769. The van der Waals surface area contributed by atoms with Gasteiger partial charge in [-0.05, 0) is 30.3 Å². The van der Waals surface area contributed by atoms with Gasteiger partial charge in [0, 0.05) is 23.9 Å². The summed E-state index contributed by atoms with van der Waals surface area (Å²) >= 11 is 0. The van der Waals surface area contributed by atoms with Crippen LogP contribution in [0.1, 0.15) is 5.56 Å². The molecule has 0 unspecified atom stereocenters. The Morgan fingerprint density at radius 2 is 1.47 bits per heavy atom. The van der Waals surface area contributed by atoms with Crippen molar-refractivity contribution in [2.75, 3.05) is 5.32 Å². The van der Waals surface area contributed by atoms with E-state index in [1.807, 2.05) is 0 Å². The van der Waals surface area contributed by atoms with E-state index in [0.717, 1.165) is 6.07 Å². The molecule has 0 aliphatic carbocycles. The first-order chi connectivity index (χ1) is 8.15. The van der Waals surface area contributed by atoms with Gasteiger partial charge in [-0.25, -0.2) is 13.2 Å². The van der Waals surface area contributed by atoms with Crippen LogP contribution in [0.5, 0.6) is 0 Å². The Balaban J connectivity index is 2.04. The average Bonchev–Trinajstić information content (AvgIpc) is 2.30. The summed E-state index contributed by atoms with van der Waals surface area (Å²) in [5.41, 5.74) is 1.03. The number of hydrogen-bond acceptors (Lipinski definition) is 1. The molecule has 17 heavy (non-hydrogen) atoms. The maximum Gasteiger partial charge on any atom is 0.131 e. The molecule has 0 radical (unpaired) electrons. The van der Waals surface area contributed by atoms with Crippen LogP contribution in [0.4, 0.5) is 18.9 Å². The Morgan fingerprint density at radius 1 is 0.824 bits per heavy atom. The Kier molecular flexibility index (Phi) is 3.32. The molecule has 0 fully saturated rings. The minimum Gasteiger partial charge on any atom is -0.381 e. The van der Waals surface area contributed by atoms with Gasteiger partial charge in [-0.3, -0.25) is 0 Å². The number of nitrogens with one attached hydrogen (secondary N) is 1. The highest BCUT2D eigenvalue weighted by Crippen LogP contribution is 2.13. The van der Waals surface area contributed by atoms with E-state index in [0.29, 0.717) is 11.3 Å². The van der Waals surface area contributed by atoms with Gasteiger partial charge in [-0.1, -0.05) is 6.07 Å². The summed E-state index contributed by atoms with van der Waals surface area (Å²) in [4.78, 5) is 0. The van der Waals surface area contributed by atoms with Crippen LogP contribution in [-0.4, -0.2) is 0 Å². The van der Waals surface area contributed by atoms with Gasteiger partial charge in [0.05, 0.1) is 0 Å². The number of anilines is 1. The fourth-order valence-corrected chi connectivity index (χ4v) is 1.43. The molecule has 1 nitrogen and oxygen atoms in total. The minimum absolute atomic E-state index is 0.220. The molecule has 0 aromatic heterocycles. The van der Waals surface area contributed by atoms with Crippen molar-refractivity contribution in [3.63, 3.8) is 0 Å². The Labute approximate surface area is 96.9 Å². The monoisotopic (exact) mass is 237 g/mol. The highest BCUT2D eigenvalue weighted by molar-refractivity contribution is 5.43. The number of hydrogen-bond donors (Lipinski definition) is 1. The molecule has 0 amide bonds. The highest BCUT2D eigenvalue weighted by atomic mass is 19.1. The number of benzene rings is 2. The van der Waals surface area contributed by atoms with E-state index in [1.165, 1.54) is 24.3 Å². The van der Waals surface area contributed by atoms with Gasteiger partial charge in [-0.15, -0.1) is 0 Å². The zero-order chi connectivity index (χ0) is 12.3. The van der Waals surface area contributed by atoms with Crippen LogP contribution in [0.25, 0.3) is 0 Å². The molecule has 1 N–H and O–H groups in total. The van der Waals surface area contributed by atoms with Crippen LogP contribution in [-0.2, 0) is 6.54 Å². The standard InChI is InChI=1S/C13H10F3N/c14-10-3-5-12(6-4-10)17-8-9-1-2-11(15)7-13(9)16/h1-7,17H,8H2. The van der Waals surface area contributed by atoms with E-state index in [-0.39, 0.29) is 12.4 Å². The molecule has 2 aromatic carbocycles. The van der Waals surface area contributed by atoms with Gasteiger partial charge >= 0.3 is 0 Å². The van der Waals surface area contributed by atoms with E-state index in [1.54, 1.807) is 12.1 Å². The van der Waals surface area contributed by atoms with Crippen LogP contribution >= 0.6 is 0 Å². The predicted molar refractivity (Wildman–Crippen MR) is 60.1 cm³/mol. The van der Waals surface area contributed by atoms with Crippen LogP contribution in [0.15, 0.2) is 42.5 Å². The Morgan fingerprint density at radius 3 is 2.12 bits per heavy atom. The normalized spacial score (nSPS) is 10.3. The summed E-state index contributed by atoms with van der Waals surface area (Å²) in [6, 6.07) is 9.13. The summed E-state index contributed by atoms with van der Waals surface area (Å²) < 4.78 is 38.6. The van der Waals surface area contributed by atoms with Crippen molar-refractivity contribution in [1.29, 1.82) is 0 Å². The lowest BCUT2D eigenvalue weighted by molar-refractivity contribution is 0.574. The molecule has 2 rings (SSSR count). The zero-order valence-electron chi connectivity index (χ0n) is 8.88. The summed E-state index contributed by atoms with van der Waals surface area (Å²) in [6.45, 7) is 0.220. The van der Waals surface area contributed by atoms with Gasteiger partial charge in [0.25, 0.3) is 0 Å². The minimum atomic E-state index is -0.604. The van der Waals surface area contributed by atoms with E-state index in [9.17, 15) is 13.2 Å². The molecule has 0 bridgehead atoms. The summed E-state index contributed by atoms with van der Waals surface area (Å²) in [5, 5.41) is 2.92. The third kappa shape index (κ3) is 3.00. The number of halogens is 3. The van der Waals surface area contributed by atoms with E-state index < -0.39 is 11.6 Å². The SMILES string of the molecule is Fc1ccc(NCc2ccc(F)cc2F)cc1. The van der Waals surface area contributed by atoms with E-state index in [2.05, 4.69) is 5.32 Å². The highest BCUT2D eigenvalue weighted by Gasteiger charge is 2.03. The first-order valence-electron chi connectivity index (χ1n) is 5.08. The van der Waals surface area contributed by atoms with Crippen LogP contribution < -0.4 is 5.32 Å². The molecule has 0 saturated carbocycles. The van der Waals surface area contributed by atoms with Crippen molar-refractivity contribution in [3.8, 4) is 0 Å². The summed E-state index contributed by atoms with van der Waals surface area (Å²) in [6.07, 6.45) is 0. The molecular formula is C13H10F3N. The second kappa shape index (κ2) is 4.91. The first kappa shape index (κ1) is 11.5. The van der Waals surface area contributed by atoms with Gasteiger partial charge in [-0.2, -0.15) is 0 Å². The lowest BCUT2D eigenvalue weighted by atomic mass is 10.2. The van der Waals surface area contributed by atoms with Crippen molar-refractivity contribution in [2.45, 2.75) is 6.54 Å². The molecule has 0 aliphatic heterocycles. The van der Waals surface area contributed by atoms with Crippen LogP contribution in [0, 0.1) is 17.5 Å². The van der Waals surface area contributed by atoms with Crippen molar-refractivity contribution in [2.24, 2.45) is 0 Å². The molecule has 0 saturated heterocycles. The van der Waals surface area contributed by atoms with Crippen LogP contribution in [0.3, 0.4) is 0 Å². The first-order valence-corrected chi connectivity index (χ1v) is 5.08. The zero-order valence-corrected chi connectivity index (χ0v) is 8.88. The maximum absolute atomic E-state index is 13.3. The Hall–Kier alpha value is -1.97. The van der Waals surface area contributed by atoms with E-state index >= 15 is 0 Å². The molecule has 88 valence electrons. The third-order valence-corrected chi connectivity index (χ3v) is 2.34. The fourth-order valence-electron chi connectivity index (χ4n) is 1.43. The molecule has 0 spiro atoms. The van der Waals surface area contributed by atoms with Gasteiger partial charge in [0.15, 0.2) is 0 Å². The van der Waals surface area contributed by atoms with Gasteiger partial charge < -0.3 is 5.32 Å². The quantitative estimate of drug-likeness (QED) is 0.857. The van der Waals surface area contributed by atoms with Crippen molar-refractivity contribution in [1.82, 2.24) is 0 Å². The van der Waals surface area contributed by atoms with Crippen molar-refractivity contribution in [3.05, 3.63) is 65.5 Å². The van der Waals surface area contributed by atoms with E-state index in [4.69, 9.17) is 0 Å². The second-order valence-electron chi connectivity index (χ2n) is 3.60. The smallest absolute Gasteiger partial charge is 0.131 e. The summed E-state index contributed by atoms with van der Waals surface area (Å²) in [5.74, 6) is -1.53. The average molecular weight is 237 g/mol. The maximum atomic E-state index is 13.3. The van der Waals surface area contributed by atoms with Gasteiger partial charge in [0.1, 0.15) is 17.5 Å². The van der Waals surface area contributed by atoms with Crippen molar-refractivity contribution < 1.29 is 13.2 Å². The molecule has 0 atom stereocenters. The summed E-state index contributed by atoms with van der Waals surface area (Å²) in [7, 11) is 0. The molecular weight excluding hydrogens is 227 g/mol. The van der Waals surface area contributed by atoms with Crippen molar-refractivity contribution >= 4 is 5.69 Å². The number of rotatable bonds is 3.